The molecule has 1 aromatic heterocycles. The number of nitrogens with zero attached hydrogens (tertiary/aromatic N) is 2. The Morgan fingerprint density at radius 3 is 2.50 bits per heavy atom. The molecule has 1 aliphatic heterocycles. The third-order valence-corrected chi connectivity index (χ3v) is 4.65. The van der Waals surface area contributed by atoms with Gasteiger partial charge in [-0.15, -0.1) is 0 Å². The quantitative estimate of drug-likeness (QED) is 0.883. The largest absolute Gasteiger partial charge is 0.477 e. The summed E-state index contributed by atoms with van der Waals surface area (Å²) in [6, 6.07) is 15.1. The van der Waals surface area contributed by atoms with E-state index in [0.717, 1.165) is 31.5 Å². The van der Waals surface area contributed by atoms with E-state index >= 15 is 0 Å². The van der Waals surface area contributed by atoms with Gasteiger partial charge in [-0.3, -0.25) is 0 Å². The highest BCUT2D eigenvalue weighted by Gasteiger charge is 2.26. The number of hydrogen-bond acceptors (Lipinski definition) is 4. The number of carbonyl (C=O) groups is 1. The van der Waals surface area contributed by atoms with Gasteiger partial charge < -0.3 is 15.1 Å². The molecule has 1 aliphatic rings. The van der Waals surface area contributed by atoms with Gasteiger partial charge in [0.1, 0.15) is 5.82 Å². The van der Waals surface area contributed by atoms with Crippen molar-refractivity contribution in [3.05, 3.63) is 59.8 Å². The minimum Gasteiger partial charge on any atom is -0.477 e. The monoisotopic (exact) mass is 326 g/mol. The molecule has 5 heteroatoms. The highest BCUT2D eigenvalue weighted by atomic mass is 16.4. The van der Waals surface area contributed by atoms with Crippen LogP contribution in [0.1, 0.15) is 28.9 Å². The van der Waals surface area contributed by atoms with E-state index in [0.29, 0.717) is 12.2 Å². The summed E-state index contributed by atoms with van der Waals surface area (Å²) in [6.07, 6.45) is 2.10. The first-order chi connectivity index (χ1) is 11.6. The highest BCUT2D eigenvalue weighted by molar-refractivity contribution is 5.85. The molecule has 0 radical (unpaired) electrons. The minimum absolute atomic E-state index is 0.0683. The van der Waals surface area contributed by atoms with Crippen molar-refractivity contribution < 1.29 is 15.0 Å². The molecule has 5 nitrogen and oxygen atoms in total. The normalized spacial score (nSPS) is 16.8. The molecule has 0 saturated carbocycles. The van der Waals surface area contributed by atoms with Crippen molar-refractivity contribution in [3.63, 3.8) is 0 Å². The van der Waals surface area contributed by atoms with Gasteiger partial charge >= 0.3 is 5.97 Å². The molecule has 1 aromatic carbocycles. The van der Waals surface area contributed by atoms with E-state index in [2.05, 4.69) is 9.88 Å². The molecule has 126 valence electrons. The fourth-order valence-electron chi connectivity index (χ4n) is 3.25. The predicted octanol–water partition coefficient (Wildman–Crippen LogP) is 2.60. The summed E-state index contributed by atoms with van der Waals surface area (Å²) in [7, 11) is 0. The average Bonchev–Trinajstić information content (AvgIpc) is 2.63. The summed E-state index contributed by atoms with van der Waals surface area (Å²) in [5.41, 5.74) is 1.22. The van der Waals surface area contributed by atoms with Gasteiger partial charge in [0.15, 0.2) is 5.69 Å². The van der Waals surface area contributed by atoms with Gasteiger partial charge in [-0.2, -0.15) is 0 Å². The van der Waals surface area contributed by atoms with Crippen molar-refractivity contribution in [1.82, 2.24) is 4.98 Å². The molecule has 2 aromatic rings. The summed E-state index contributed by atoms with van der Waals surface area (Å²) in [4.78, 5) is 17.3. The molecule has 3 rings (SSSR count). The van der Waals surface area contributed by atoms with E-state index < -0.39 is 5.97 Å². The van der Waals surface area contributed by atoms with Crippen LogP contribution >= 0.6 is 0 Å². The van der Waals surface area contributed by atoms with Gasteiger partial charge in [-0.05, 0) is 42.9 Å². The molecular weight excluding hydrogens is 304 g/mol. The van der Waals surface area contributed by atoms with Crippen LogP contribution in [-0.4, -0.2) is 40.4 Å². The zero-order chi connectivity index (χ0) is 16.9. The van der Waals surface area contributed by atoms with Crippen LogP contribution in [0.25, 0.3) is 0 Å². The maximum absolute atomic E-state index is 11.0. The second kappa shape index (κ2) is 7.45. The molecular formula is C19H22N2O3. The molecule has 24 heavy (non-hydrogen) atoms. The van der Waals surface area contributed by atoms with Crippen molar-refractivity contribution in [2.75, 3.05) is 18.0 Å². The highest BCUT2D eigenvalue weighted by Crippen LogP contribution is 2.26. The molecule has 1 saturated heterocycles. The Morgan fingerprint density at radius 2 is 1.83 bits per heavy atom. The maximum Gasteiger partial charge on any atom is 0.354 e. The van der Waals surface area contributed by atoms with E-state index in [-0.39, 0.29) is 17.7 Å². The Kier molecular flexibility index (Phi) is 5.11. The first-order valence-electron chi connectivity index (χ1n) is 8.31. The molecule has 1 atom stereocenters. The number of aliphatic hydroxyl groups excluding tert-OH is 1. The van der Waals surface area contributed by atoms with Gasteiger partial charge in [0.25, 0.3) is 0 Å². The number of rotatable bonds is 5. The number of aromatic carboxylic acids is 1. The van der Waals surface area contributed by atoms with Crippen LogP contribution < -0.4 is 4.90 Å². The summed E-state index contributed by atoms with van der Waals surface area (Å²) in [5, 5.41) is 19.5. The maximum atomic E-state index is 11.0. The van der Waals surface area contributed by atoms with E-state index in [1.165, 1.54) is 6.07 Å². The summed E-state index contributed by atoms with van der Waals surface area (Å²) in [6.45, 7) is 1.57. The van der Waals surface area contributed by atoms with Crippen molar-refractivity contribution in [2.24, 2.45) is 5.92 Å². The Hall–Kier alpha value is -2.40. The van der Waals surface area contributed by atoms with Gasteiger partial charge in [-0.25, -0.2) is 9.78 Å². The molecule has 0 aliphatic carbocycles. The first-order valence-corrected chi connectivity index (χ1v) is 8.31. The number of carboxylic acids is 1. The number of benzene rings is 1. The van der Waals surface area contributed by atoms with Gasteiger partial charge in [0, 0.05) is 13.1 Å². The zero-order valence-electron chi connectivity index (χ0n) is 13.5. The van der Waals surface area contributed by atoms with Crippen molar-refractivity contribution >= 4 is 11.8 Å². The molecule has 2 heterocycles. The smallest absolute Gasteiger partial charge is 0.354 e. The molecule has 0 amide bonds. The van der Waals surface area contributed by atoms with Crippen molar-refractivity contribution in [3.8, 4) is 0 Å². The number of pyridine rings is 1. The lowest BCUT2D eigenvalue weighted by Gasteiger charge is -2.35. The molecule has 0 bridgehead atoms. The number of piperidine rings is 1. The topological polar surface area (TPSA) is 73.7 Å². The van der Waals surface area contributed by atoms with Crippen LogP contribution in [0, 0.1) is 5.92 Å². The number of aromatic nitrogens is 1. The molecule has 1 fully saturated rings. The summed E-state index contributed by atoms with van der Waals surface area (Å²) < 4.78 is 0. The van der Waals surface area contributed by atoms with Crippen LogP contribution in [0.4, 0.5) is 5.82 Å². The van der Waals surface area contributed by atoms with Gasteiger partial charge in [-0.1, -0.05) is 36.4 Å². The third-order valence-electron chi connectivity index (χ3n) is 4.65. The second-order valence-electron chi connectivity index (χ2n) is 6.27. The number of anilines is 1. The standard InChI is InChI=1S/C19H22N2O3/c22-17(13-14-5-2-1-3-6-14)15-9-11-21(12-10-15)18-8-4-7-16(20-18)19(23)24/h1-8,15,17,22H,9-13H2,(H,23,24). The Balaban J connectivity index is 1.57. The zero-order valence-corrected chi connectivity index (χ0v) is 13.5. The van der Waals surface area contributed by atoms with E-state index in [4.69, 9.17) is 5.11 Å². The lowest BCUT2D eigenvalue weighted by Crippen LogP contribution is -2.39. The third kappa shape index (κ3) is 3.92. The lowest BCUT2D eigenvalue weighted by atomic mass is 9.88. The Bertz CT molecular complexity index is 682. The van der Waals surface area contributed by atoms with Crippen LogP contribution in [-0.2, 0) is 6.42 Å². The SMILES string of the molecule is O=C(O)c1cccc(N2CCC(C(O)Cc3ccccc3)CC2)n1. The molecule has 2 N–H and O–H groups in total. The molecule has 1 unspecified atom stereocenters. The second-order valence-corrected chi connectivity index (χ2v) is 6.27. The number of carboxylic acid groups (broad SMARTS) is 1. The summed E-state index contributed by atoms with van der Waals surface area (Å²) >= 11 is 0. The summed E-state index contributed by atoms with van der Waals surface area (Å²) in [5.74, 6) is -0.0416. The van der Waals surface area contributed by atoms with Crippen LogP contribution in [0.3, 0.4) is 0 Å². The van der Waals surface area contributed by atoms with Crippen molar-refractivity contribution in [2.45, 2.75) is 25.4 Å². The minimum atomic E-state index is -1.01. The first kappa shape index (κ1) is 16.5. The fraction of sp³-hybridized carbons (Fsp3) is 0.368. The predicted molar refractivity (Wildman–Crippen MR) is 92.3 cm³/mol. The van der Waals surface area contributed by atoms with Crippen LogP contribution in [0.5, 0.6) is 0 Å². The molecule has 0 spiro atoms. The average molecular weight is 326 g/mol. The number of hydrogen-bond donors (Lipinski definition) is 2. The lowest BCUT2D eigenvalue weighted by molar-refractivity contribution is 0.0690. The van der Waals surface area contributed by atoms with Crippen LogP contribution in [0.2, 0.25) is 0 Å². The van der Waals surface area contributed by atoms with E-state index in [1.807, 2.05) is 36.4 Å². The van der Waals surface area contributed by atoms with E-state index in [1.54, 1.807) is 6.07 Å². The van der Waals surface area contributed by atoms with Gasteiger partial charge in [0.2, 0.25) is 0 Å². The van der Waals surface area contributed by atoms with Crippen molar-refractivity contribution in [1.29, 1.82) is 0 Å². The Labute approximate surface area is 141 Å². The number of aliphatic hydroxyl groups is 1. The Morgan fingerprint density at radius 1 is 1.12 bits per heavy atom. The fourth-order valence-corrected chi connectivity index (χ4v) is 3.25. The van der Waals surface area contributed by atoms with Gasteiger partial charge in [0.05, 0.1) is 6.10 Å². The van der Waals surface area contributed by atoms with E-state index in [9.17, 15) is 9.90 Å². The van der Waals surface area contributed by atoms with Crippen LogP contribution in [0.15, 0.2) is 48.5 Å².